The molecule has 1 saturated heterocycles. The first-order chi connectivity index (χ1) is 13.8. The number of likely N-dealkylation sites (tertiary alicyclic amines) is 1. The summed E-state index contributed by atoms with van der Waals surface area (Å²) in [5.41, 5.74) is 1.72. The Morgan fingerprint density at radius 2 is 1.59 bits per heavy atom. The number of ether oxygens (including phenoxy) is 1. The normalized spacial score (nSPS) is 16.7. The van der Waals surface area contributed by atoms with Gasteiger partial charge in [-0.1, -0.05) is 60.7 Å². The standard InChI is InChI=1S/C24H30N2O3/c1-24(2,3)29-23(28)26-16-10-15-21(26)22(27)25-17-20(18-11-6-4-7-12-18)19-13-8-5-9-14-19/h4-9,11-14,20-21H,10,15-17H2,1-3H3,(H,25,27)/t21-/m0/s1. The minimum Gasteiger partial charge on any atom is -0.444 e. The highest BCUT2D eigenvalue weighted by atomic mass is 16.6. The van der Waals surface area contributed by atoms with Crippen molar-refractivity contribution in [3.63, 3.8) is 0 Å². The number of nitrogens with one attached hydrogen (secondary N) is 1. The minimum absolute atomic E-state index is 0.0535. The average molecular weight is 395 g/mol. The Bertz CT molecular complexity index is 776. The van der Waals surface area contributed by atoms with E-state index in [0.717, 1.165) is 17.5 Å². The summed E-state index contributed by atoms with van der Waals surface area (Å²) in [6, 6.07) is 19.8. The molecule has 2 aromatic rings. The van der Waals surface area contributed by atoms with Crippen molar-refractivity contribution in [1.82, 2.24) is 10.2 Å². The first kappa shape index (κ1) is 20.9. The van der Waals surface area contributed by atoms with Gasteiger partial charge in [-0.05, 0) is 44.7 Å². The Kier molecular flexibility index (Phi) is 6.57. The predicted octanol–water partition coefficient (Wildman–Crippen LogP) is 4.33. The smallest absolute Gasteiger partial charge is 0.410 e. The number of hydrogen-bond donors (Lipinski definition) is 1. The van der Waals surface area contributed by atoms with Crippen LogP contribution in [0, 0.1) is 0 Å². The maximum absolute atomic E-state index is 12.9. The fourth-order valence-corrected chi connectivity index (χ4v) is 3.70. The molecule has 0 bridgehead atoms. The molecule has 0 aromatic heterocycles. The Morgan fingerprint density at radius 1 is 1.03 bits per heavy atom. The van der Waals surface area contributed by atoms with Crippen molar-refractivity contribution in [2.45, 2.75) is 51.2 Å². The van der Waals surface area contributed by atoms with Crippen molar-refractivity contribution in [3.8, 4) is 0 Å². The molecule has 1 heterocycles. The van der Waals surface area contributed by atoms with Crippen LogP contribution in [0.5, 0.6) is 0 Å². The Hall–Kier alpha value is -2.82. The summed E-state index contributed by atoms with van der Waals surface area (Å²) in [6.45, 7) is 6.53. The minimum atomic E-state index is -0.577. The Morgan fingerprint density at radius 3 is 2.10 bits per heavy atom. The van der Waals surface area contributed by atoms with Crippen LogP contribution in [0.2, 0.25) is 0 Å². The highest BCUT2D eigenvalue weighted by molar-refractivity contribution is 5.86. The molecule has 29 heavy (non-hydrogen) atoms. The lowest BCUT2D eigenvalue weighted by molar-refractivity contribution is -0.125. The van der Waals surface area contributed by atoms with Gasteiger partial charge in [0.25, 0.3) is 0 Å². The molecule has 0 radical (unpaired) electrons. The first-order valence-electron chi connectivity index (χ1n) is 10.2. The first-order valence-corrected chi connectivity index (χ1v) is 10.2. The van der Waals surface area contributed by atoms with Crippen molar-refractivity contribution >= 4 is 12.0 Å². The fraction of sp³-hybridized carbons (Fsp3) is 0.417. The van der Waals surface area contributed by atoms with Crippen LogP contribution in [0.25, 0.3) is 0 Å². The molecule has 0 spiro atoms. The molecule has 0 unspecified atom stereocenters. The van der Waals surface area contributed by atoms with E-state index >= 15 is 0 Å². The molecule has 5 heteroatoms. The van der Waals surface area contributed by atoms with Crippen LogP contribution in [0.15, 0.2) is 60.7 Å². The van der Waals surface area contributed by atoms with Gasteiger partial charge >= 0.3 is 6.09 Å². The van der Waals surface area contributed by atoms with E-state index in [1.54, 1.807) is 4.90 Å². The maximum Gasteiger partial charge on any atom is 0.410 e. The molecule has 1 aliphatic heterocycles. The zero-order chi connectivity index (χ0) is 20.9. The SMILES string of the molecule is CC(C)(C)OC(=O)N1CCC[C@H]1C(=O)NCC(c1ccccc1)c1ccccc1. The largest absolute Gasteiger partial charge is 0.444 e. The second kappa shape index (κ2) is 9.12. The quantitative estimate of drug-likeness (QED) is 0.821. The summed E-state index contributed by atoms with van der Waals surface area (Å²) < 4.78 is 5.47. The van der Waals surface area contributed by atoms with Crippen molar-refractivity contribution in [2.75, 3.05) is 13.1 Å². The maximum atomic E-state index is 12.9. The van der Waals surface area contributed by atoms with E-state index in [2.05, 4.69) is 29.6 Å². The molecule has 5 nitrogen and oxygen atoms in total. The molecular weight excluding hydrogens is 364 g/mol. The van der Waals surface area contributed by atoms with E-state index < -0.39 is 17.7 Å². The van der Waals surface area contributed by atoms with E-state index in [4.69, 9.17) is 4.74 Å². The van der Waals surface area contributed by atoms with Crippen LogP contribution in [0.3, 0.4) is 0 Å². The van der Waals surface area contributed by atoms with Gasteiger partial charge in [0.1, 0.15) is 11.6 Å². The monoisotopic (exact) mass is 394 g/mol. The number of benzene rings is 2. The third-order valence-corrected chi connectivity index (χ3v) is 5.07. The summed E-state index contributed by atoms with van der Waals surface area (Å²) in [5, 5.41) is 3.08. The fourth-order valence-electron chi connectivity index (χ4n) is 3.70. The molecule has 154 valence electrons. The summed E-state index contributed by atoms with van der Waals surface area (Å²) in [7, 11) is 0. The van der Waals surface area contributed by atoms with Gasteiger partial charge in [-0.2, -0.15) is 0 Å². The highest BCUT2D eigenvalue weighted by Gasteiger charge is 2.36. The zero-order valence-electron chi connectivity index (χ0n) is 17.4. The lowest BCUT2D eigenvalue weighted by Crippen LogP contribution is -2.48. The lowest BCUT2D eigenvalue weighted by atomic mass is 9.91. The van der Waals surface area contributed by atoms with Gasteiger partial charge in [-0.25, -0.2) is 4.79 Å². The predicted molar refractivity (Wildman–Crippen MR) is 114 cm³/mol. The van der Waals surface area contributed by atoms with Gasteiger partial charge in [0, 0.05) is 19.0 Å². The summed E-state index contributed by atoms with van der Waals surface area (Å²) >= 11 is 0. The van der Waals surface area contributed by atoms with Gasteiger partial charge in [0.05, 0.1) is 0 Å². The van der Waals surface area contributed by atoms with E-state index in [1.165, 1.54) is 0 Å². The van der Waals surface area contributed by atoms with Crippen LogP contribution >= 0.6 is 0 Å². The Balaban J connectivity index is 1.69. The third-order valence-electron chi connectivity index (χ3n) is 5.07. The van der Waals surface area contributed by atoms with E-state index in [0.29, 0.717) is 19.5 Å². The van der Waals surface area contributed by atoms with Crippen molar-refractivity contribution < 1.29 is 14.3 Å². The summed E-state index contributed by atoms with van der Waals surface area (Å²) in [5.74, 6) is -0.0667. The molecular formula is C24H30N2O3. The number of carbonyl (C=O) groups excluding carboxylic acids is 2. The van der Waals surface area contributed by atoms with Gasteiger partial charge in [-0.15, -0.1) is 0 Å². The average Bonchev–Trinajstić information content (AvgIpc) is 3.19. The molecule has 3 rings (SSSR count). The molecule has 1 N–H and O–H groups in total. The summed E-state index contributed by atoms with van der Waals surface area (Å²) in [6.07, 6.45) is 1.04. The second-order valence-electron chi connectivity index (χ2n) is 8.45. The number of carbonyl (C=O) groups is 2. The van der Waals surface area contributed by atoms with Crippen LogP contribution in [0.1, 0.15) is 50.7 Å². The molecule has 0 aliphatic carbocycles. The van der Waals surface area contributed by atoms with Gasteiger partial charge in [0.2, 0.25) is 5.91 Å². The molecule has 1 atom stereocenters. The number of nitrogens with zero attached hydrogens (tertiary/aromatic N) is 1. The van der Waals surface area contributed by atoms with Crippen LogP contribution in [-0.4, -0.2) is 41.6 Å². The van der Waals surface area contributed by atoms with Crippen molar-refractivity contribution in [3.05, 3.63) is 71.8 Å². The number of amides is 2. The van der Waals surface area contributed by atoms with Crippen LogP contribution in [0.4, 0.5) is 4.79 Å². The second-order valence-corrected chi connectivity index (χ2v) is 8.45. The topological polar surface area (TPSA) is 58.6 Å². The molecule has 1 aliphatic rings. The highest BCUT2D eigenvalue weighted by Crippen LogP contribution is 2.25. The lowest BCUT2D eigenvalue weighted by Gasteiger charge is -2.28. The molecule has 2 amide bonds. The van der Waals surface area contributed by atoms with Gasteiger partial charge in [0.15, 0.2) is 0 Å². The van der Waals surface area contributed by atoms with E-state index in [9.17, 15) is 9.59 Å². The molecule has 0 saturated carbocycles. The molecule has 1 fully saturated rings. The zero-order valence-corrected chi connectivity index (χ0v) is 17.4. The van der Waals surface area contributed by atoms with Crippen molar-refractivity contribution in [2.24, 2.45) is 0 Å². The van der Waals surface area contributed by atoms with Gasteiger partial charge in [-0.3, -0.25) is 9.69 Å². The Labute approximate surface area is 173 Å². The third kappa shape index (κ3) is 5.59. The van der Waals surface area contributed by atoms with Crippen molar-refractivity contribution in [1.29, 1.82) is 0 Å². The number of rotatable bonds is 5. The van der Waals surface area contributed by atoms with E-state index in [1.807, 2.05) is 57.2 Å². The van der Waals surface area contributed by atoms with Crippen LogP contribution < -0.4 is 5.32 Å². The number of hydrogen-bond acceptors (Lipinski definition) is 3. The van der Waals surface area contributed by atoms with Gasteiger partial charge < -0.3 is 10.1 Å². The van der Waals surface area contributed by atoms with Crippen LogP contribution in [-0.2, 0) is 9.53 Å². The summed E-state index contributed by atoms with van der Waals surface area (Å²) in [4.78, 5) is 27.0. The van der Waals surface area contributed by atoms with E-state index in [-0.39, 0.29) is 11.8 Å². The molecule has 2 aromatic carbocycles.